The topological polar surface area (TPSA) is 37.3 Å². The first-order chi connectivity index (χ1) is 16.2. The summed E-state index contributed by atoms with van der Waals surface area (Å²) >= 11 is 0. The van der Waals surface area contributed by atoms with Gasteiger partial charge in [-0.3, -0.25) is 4.79 Å². The van der Waals surface area contributed by atoms with E-state index < -0.39 is 5.97 Å². The van der Waals surface area contributed by atoms with Crippen molar-refractivity contribution in [3.63, 3.8) is 0 Å². The minimum absolute atomic E-state index is 0.110. The molecule has 0 bridgehead atoms. The monoisotopic (exact) mass is 464 g/mol. The maximum atomic E-state index is 11.6. The molecule has 0 aliphatic rings. The molecule has 0 rings (SSSR count). The Labute approximate surface area is 208 Å². The van der Waals surface area contributed by atoms with E-state index in [1.807, 2.05) is 0 Å². The summed E-state index contributed by atoms with van der Waals surface area (Å²) in [7, 11) is 0. The summed E-state index contributed by atoms with van der Waals surface area (Å²) in [4.78, 5) is 11.6. The molecule has 0 saturated heterocycles. The lowest BCUT2D eigenvalue weighted by Gasteiger charge is -2.12. The summed E-state index contributed by atoms with van der Waals surface area (Å²) in [6, 6.07) is 0. The lowest BCUT2D eigenvalue weighted by Crippen LogP contribution is -2.13. The van der Waals surface area contributed by atoms with Crippen LogP contribution in [0, 0.1) is 5.92 Å². The van der Waals surface area contributed by atoms with Crippen molar-refractivity contribution in [2.75, 3.05) is 0 Å². The van der Waals surface area contributed by atoms with Crippen molar-refractivity contribution in [1.82, 2.24) is 0 Å². The number of carboxylic acids is 1. The standard InChI is InChI=1S/C31H60O2/c1-3-5-7-9-11-13-15-16-17-19-21-23-25-27-29-30(31(32)33)28-26-24-22-20-18-14-12-10-8-6-4-2/h12,14,30H,3-11,13,15-29H2,1-2H3,(H,32,33)/b14-12-. The Balaban J connectivity index is 3.45. The van der Waals surface area contributed by atoms with Gasteiger partial charge in [-0.25, -0.2) is 0 Å². The second kappa shape index (κ2) is 27.5. The second-order valence-corrected chi connectivity index (χ2v) is 10.4. The largest absolute Gasteiger partial charge is 0.481 e. The van der Waals surface area contributed by atoms with Crippen molar-refractivity contribution < 1.29 is 9.90 Å². The van der Waals surface area contributed by atoms with Crippen molar-refractivity contribution in [3.8, 4) is 0 Å². The maximum absolute atomic E-state index is 11.6. The molecule has 0 aromatic carbocycles. The number of unbranched alkanes of at least 4 members (excludes halogenated alkanes) is 20. The Morgan fingerprint density at radius 3 is 1.21 bits per heavy atom. The summed E-state index contributed by atoms with van der Waals surface area (Å²) in [5.41, 5.74) is 0. The fraction of sp³-hybridized carbons (Fsp3) is 0.903. The van der Waals surface area contributed by atoms with Gasteiger partial charge in [0.2, 0.25) is 0 Å². The van der Waals surface area contributed by atoms with Crippen LogP contribution in [-0.2, 0) is 4.79 Å². The van der Waals surface area contributed by atoms with Crippen LogP contribution in [0.4, 0.5) is 0 Å². The highest BCUT2D eigenvalue weighted by Crippen LogP contribution is 2.20. The second-order valence-electron chi connectivity index (χ2n) is 10.4. The fourth-order valence-corrected chi connectivity index (χ4v) is 4.73. The summed E-state index contributed by atoms with van der Waals surface area (Å²) in [5, 5.41) is 9.53. The Kier molecular flexibility index (Phi) is 26.8. The van der Waals surface area contributed by atoms with E-state index in [4.69, 9.17) is 0 Å². The van der Waals surface area contributed by atoms with Crippen LogP contribution >= 0.6 is 0 Å². The number of carboxylic acid groups (broad SMARTS) is 1. The molecule has 1 atom stereocenters. The van der Waals surface area contributed by atoms with Crippen LogP contribution in [0.2, 0.25) is 0 Å². The minimum Gasteiger partial charge on any atom is -0.481 e. The molecule has 0 saturated carbocycles. The molecule has 1 unspecified atom stereocenters. The summed E-state index contributed by atoms with van der Waals surface area (Å²) in [6.07, 6.45) is 36.6. The molecule has 0 aromatic rings. The smallest absolute Gasteiger partial charge is 0.306 e. The minimum atomic E-state index is -0.570. The predicted molar refractivity (Wildman–Crippen MR) is 147 cm³/mol. The molecule has 2 nitrogen and oxygen atoms in total. The Morgan fingerprint density at radius 2 is 0.818 bits per heavy atom. The van der Waals surface area contributed by atoms with E-state index in [2.05, 4.69) is 26.0 Å². The van der Waals surface area contributed by atoms with Crippen LogP contribution in [0.5, 0.6) is 0 Å². The van der Waals surface area contributed by atoms with Crippen LogP contribution in [0.3, 0.4) is 0 Å². The molecule has 0 radical (unpaired) electrons. The first-order valence-electron chi connectivity index (χ1n) is 15.1. The molecule has 0 amide bonds. The molecule has 0 aliphatic heterocycles. The van der Waals surface area contributed by atoms with Gasteiger partial charge in [-0.05, 0) is 38.5 Å². The molecule has 0 aliphatic carbocycles. The average molecular weight is 465 g/mol. The molecule has 196 valence electrons. The molecule has 0 heterocycles. The van der Waals surface area contributed by atoms with E-state index >= 15 is 0 Å². The third kappa shape index (κ3) is 25.7. The lowest BCUT2D eigenvalue weighted by atomic mass is 9.94. The summed E-state index contributed by atoms with van der Waals surface area (Å²) in [5.74, 6) is -0.680. The van der Waals surface area contributed by atoms with Crippen LogP contribution < -0.4 is 0 Å². The van der Waals surface area contributed by atoms with E-state index in [1.54, 1.807) is 0 Å². The van der Waals surface area contributed by atoms with Crippen molar-refractivity contribution in [2.24, 2.45) is 5.92 Å². The van der Waals surface area contributed by atoms with Gasteiger partial charge in [-0.15, -0.1) is 0 Å². The van der Waals surface area contributed by atoms with E-state index in [-0.39, 0.29) is 5.92 Å². The van der Waals surface area contributed by atoms with Gasteiger partial charge in [0.15, 0.2) is 0 Å². The van der Waals surface area contributed by atoms with Gasteiger partial charge >= 0.3 is 5.97 Å². The highest BCUT2D eigenvalue weighted by atomic mass is 16.4. The van der Waals surface area contributed by atoms with Crippen molar-refractivity contribution in [1.29, 1.82) is 0 Å². The van der Waals surface area contributed by atoms with E-state index in [0.717, 1.165) is 25.7 Å². The Morgan fingerprint density at radius 1 is 0.515 bits per heavy atom. The highest BCUT2D eigenvalue weighted by Gasteiger charge is 2.16. The molecule has 2 heteroatoms. The maximum Gasteiger partial charge on any atom is 0.306 e. The first kappa shape index (κ1) is 32.2. The predicted octanol–water partition coefficient (Wildman–Crippen LogP) is 11.0. The van der Waals surface area contributed by atoms with Gasteiger partial charge < -0.3 is 5.11 Å². The normalized spacial score (nSPS) is 12.5. The molecule has 0 fully saturated rings. The van der Waals surface area contributed by atoms with Gasteiger partial charge in [0.1, 0.15) is 0 Å². The number of hydrogen-bond donors (Lipinski definition) is 1. The number of carbonyl (C=O) groups is 1. The van der Waals surface area contributed by atoms with Crippen molar-refractivity contribution in [3.05, 3.63) is 12.2 Å². The van der Waals surface area contributed by atoms with Crippen LogP contribution in [-0.4, -0.2) is 11.1 Å². The van der Waals surface area contributed by atoms with Gasteiger partial charge in [-0.2, -0.15) is 0 Å². The Hall–Kier alpha value is -0.790. The SMILES string of the molecule is CCCCC/C=C\CCCCCCC(CCCCCCCCCCCCCCCC)C(=O)O. The van der Waals surface area contributed by atoms with Crippen LogP contribution in [0.1, 0.15) is 174 Å². The van der Waals surface area contributed by atoms with Gasteiger partial charge in [0.25, 0.3) is 0 Å². The third-order valence-corrected chi connectivity index (χ3v) is 7.07. The van der Waals surface area contributed by atoms with Crippen molar-refractivity contribution in [2.45, 2.75) is 174 Å². The highest BCUT2D eigenvalue weighted by molar-refractivity contribution is 5.69. The van der Waals surface area contributed by atoms with Crippen molar-refractivity contribution >= 4 is 5.97 Å². The van der Waals surface area contributed by atoms with Gasteiger partial charge in [0, 0.05) is 0 Å². The molecule has 0 spiro atoms. The quantitative estimate of drug-likeness (QED) is 0.0969. The molecule has 0 aromatic heterocycles. The fourth-order valence-electron chi connectivity index (χ4n) is 4.73. The van der Waals surface area contributed by atoms with E-state index in [9.17, 15) is 9.90 Å². The lowest BCUT2D eigenvalue weighted by molar-refractivity contribution is -0.142. The molecule has 33 heavy (non-hydrogen) atoms. The zero-order valence-corrected chi connectivity index (χ0v) is 22.8. The molecular formula is C31H60O2. The number of allylic oxidation sites excluding steroid dienone is 2. The summed E-state index contributed by atoms with van der Waals surface area (Å²) in [6.45, 7) is 4.53. The van der Waals surface area contributed by atoms with E-state index in [1.165, 1.54) is 135 Å². The van der Waals surface area contributed by atoms with Gasteiger partial charge in [0.05, 0.1) is 5.92 Å². The molecular weight excluding hydrogens is 404 g/mol. The number of hydrogen-bond acceptors (Lipinski definition) is 1. The van der Waals surface area contributed by atoms with Crippen LogP contribution in [0.15, 0.2) is 12.2 Å². The zero-order valence-electron chi connectivity index (χ0n) is 22.8. The summed E-state index contributed by atoms with van der Waals surface area (Å²) < 4.78 is 0. The zero-order chi connectivity index (χ0) is 24.2. The first-order valence-corrected chi connectivity index (χ1v) is 15.1. The van der Waals surface area contributed by atoms with E-state index in [0.29, 0.717) is 0 Å². The number of aliphatic carboxylic acids is 1. The Bertz CT molecular complexity index is 415. The van der Waals surface area contributed by atoms with Crippen LogP contribution in [0.25, 0.3) is 0 Å². The molecule has 1 N–H and O–H groups in total. The number of rotatable bonds is 27. The average Bonchev–Trinajstić information content (AvgIpc) is 2.81. The third-order valence-electron chi connectivity index (χ3n) is 7.07. The van der Waals surface area contributed by atoms with Gasteiger partial charge in [-0.1, -0.05) is 148 Å².